The number of hydrogen-bond donors (Lipinski definition) is 0. The molecule has 2 heterocycles. The molecule has 5 rings (SSSR count). The van der Waals surface area contributed by atoms with Crippen LogP contribution in [0.4, 0.5) is 4.79 Å². The SMILES string of the molecule is Cc1cccc(CN(C(=O)[C@H]2CN(C(=O)OC(C)C)CC[C@@H]2c2cccc(-c3cccnc3)c2)C2CC2)c1C. The minimum Gasteiger partial charge on any atom is -0.447 e. The molecule has 0 N–H and O–H groups in total. The summed E-state index contributed by atoms with van der Waals surface area (Å²) in [6, 6.07) is 19.0. The Morgan fingerprint density at radius 1 is 1.03 bits per heavy atom. The highest BCUT2D eigenvalue weighted by atomic mass is 16.6. The Kier molecular flexibility index (Phi) is 8.01. The van der Waals surface area contributed by atoms with E-state index in [1.54, 1.807) is 11.1 Å². The highest BCUT2D eigenvalue weighted by molar-refractivity contribution is 5.82. The molecule has 1 saturated carbocycles. The standard InChI is InChI=1S/C33H39N3O3/c1-22(2)39-33(38)35-17-15-30(26-10-6-9-25(18-26)27-12-7-16-34-19-27)31(21-35)32(37)36(29-13-14-29)20-28-11-5-8-23(3)24(28)4/h5-12,16,18-19,22,29-31H,13-15,17,20-21H2,1-4H3/t30-,31+/m1/s1. The highest BCUT2D eigenvalue weighted by Crippen LogP contribution is 2.39. The normalized spacial score (nSPS) is 19.2. The van der Waals surface area contributed by atoms with Crippen molar-refractivity contribution in [3.63, 3.8) is 0 Å². The van der Waals surface area contributed by atoms with E-state index in [0.717, 1.165) is 29.5 Å². The van der Waals surface area contributed by atoms with Crippen molar-refractivity contribution in [1.82, 2.24) is 14.8 Å². The molecule has 0 bridgehead atoms. The van der Waals surface area contributed by atoms with E-state index in [-0.39, 0.29) is 36.0 Å². The molecule has 0 radical (unpaired) electrons. The van der Waals surface area contributed by atoms with E-state index in [0.29, 0.717) is 26.1 Å². The van der Waals surface area contributed by atoms with Crippen LogP contribution >= 0.6 is 0 Å². The van der Waals surface area contributed by atoms with E-state index in [1.165, 1.54) is 16.7 Å². The summed E-state index contributed by atoms with van der Waals surface area (Å²) in [5.41, 5.74) is 6.94. The number of ether oxygens (including phenoxy) is 1. The number of aryl methyl sites for hydroxylation is 1. The van der Waals surface area contributed by atoms with Gasteiger partial charge >= 0.3 is 6.09 Å². The van der Waals surface area contributed by atoms with Crippen molar-refractivity contribution in [2.24, 2.45) is 5.92 Å². The van der Waals surface area contributed by atoms with Gasteiger partial charge < -0.3 is 14.5 Å². The number of likely N-dealkylation sites (tertiary alicyclic amines) is 1. The van der Waals surface area contributed by atoms with Crippen molar-refractivity contribution in [1.29, 1.82) is 0 Å². The Morgan fingerprint density at radius 3 is 2.51 bits per heavy atom. The third-order valence-corrected chi connectivity index (χ3v) is 8.16. The first-order valence-electron chi connectivity index (χ1n) is 14.1. The predicted octanol–water partition coefficient (Wildman–Crippen LogP) is 6.51. The zero-order valence-corrected chi connectivity index (χ0v) is 23.5. The molecular formula is C33H39N3O3. The summed E-state index contributed by atoms with van der Waals surface area (Å²) in [4.78, 5) is 35.5. The summed E-state index contributed by atoms with van der Waals surface area (Å²) >= 11 is 0. The van der Waals surface area contributed by atoms with Gasteiger partial charge in [0.25, 0.3) is 0 Å². The third kappa shape index (κ3) is 6.16. The smallest absolute Gasteiger partial charge is 0.410 e. The van der Waals surface area contributed by atoms with Gasteiger partial charge in [0.05, 0.1) is 12.0 Å². The van der Waals surface area contributed by atoms with E-state index in [2.05, 4.69) is 72.3 Å². The van der Waals surface area contributed by atoms with E-state index < -0.39 is 0 Å². The van der Waals surface area contributed by atoms with Gasteiger partial charge in [-0.1, -0.05) is 48.5 Å². The van der Waals surface area contributed by atoms with Crippen LogP contribution in [0.15, 0.2) is 67.0 Å². The first-order valence-corrected chi connectivity index (χ1v) is 14.1. The fourth-order valence-corrected chi connectivity index (χ4v) is 5.68. The molecule has 2 aliphatic rings. The lowest BCUT2D eigenvalue weighted by atomic mass is 9.79. The molecule has 1 aromatic heterocycles. The van der Waals surface area contributed by atoms with Gasteiger partial charge in [0.2, 0.25) is 5.91 Å². The highest BCUT2D eigenvalue weighted by Gasteiger charge is 2.43. The van der Waals surface area contributed by atoms with Crippen molar-refractivity contribution >= 4 is 12.0 Å². The number of nitrogens with zero attached hydrogens (tertiary/aromatic N) is 3. The third-order valence-electron chi connectivity index (χ3n) is 8.16. The predicted molar refractivity (Wildman–Crippen MR) is 153 cm³/mol. The van der Waals surface area contributed by atoms with Gasteiger partial charge in [-0.15, -0.1) is 0 Å². The Morgan fingerprint density at radius 2 is 1.79 bits per heavy atom. The van der Waals surface area contributed by atoms with Gasteiger partial charge in [0.1, 0.15) is 0 Å². The van der Waals surface area contributed by atoms with Crippen LogP contribution in [0, 0.1) is 19.8 Å². The Bertz CT molecular complexity index is 1320. The number of carbonyl (C=O) groups is 2. The van der Waals surface area contributed by atoms with Crippen LogP contribution in [0.3, 0.4) is 0 Å². The number of pyridine rings is 1. The molecule has 0 spiro atoms. The van der Waals surface area contributed by atoms with Crippen LogP contribution in [0.1, 0.15) is 61.3 Å². The second kappa shape index (κ2) is 11.6. The van der Waals surface area contributed by atoms with E-state index in [1.807, 2.05) is 26.1 Å². The van der Waals surface area contributed by atoms with Crippen LogP contribution in [0.2, 0.25) is 0 Å². The van der Waals surface area contributed by atoms with Crippen molar-refractivity contribution in [2.45, 2.75) is 71.6 Å². The molecule has 0 unspecified atom stereocenters. The first-order chi connectivity index (χ1) is 18.8. The van der Waals surface area contributed by atoms with Crippen molar-refractivity contribution < 1.29 is 14.3 Å². The van der Waals surface area contributed by atoms with Gasteiger partial charge in [-0.3, -0.25) is 9.78 Å². The number of carbonyl (C=O) groups excluding carboxylic acids is 2. The quantitative estimate of drug-likeness (QED) is 0.353. The molecule has 1 aliphatic carbocycles. The maximum atomic E-state index is 14.4. The maximum Gasteiger partial charge on any atom is 0.410 e. The fraction of sp³-hybridized carbons (Fsp3) is 0.424. The minimum absolute atomic E-state index is 0.0112. The van der Waals surface area contributed by atoms with Crippen molar-refractivity contribution in [3.05, 3.63) is 89.2 Å². The van der Waals surface area contributed by atoms with Crippen LogP contribution in [-0.4, -0.2) is 52.0 Å². The molecular weight excluding hydrogens is 486 g/mol. The Labute approximate surface area is 232 Å². The minimum atomic E-state index is -0.340. The average Bonchev–Trinajstić information content (AvgIpc) is 3.79. The second-order valence-corrected chi connectivity index (χ2v) is 11.3. The van der Waals surface area contributed by atoms with Gasteiger partial charge in [0.15, 0.2) is 0 Å². The summed E-state index contributed by atoms with van der Waals surface area (Å²) in [5, 5.41) is 0. The number of hydrogen-bond acceptors (Lipinski definition) is 4. The molecule has 2 atom stereocenters. The Hall–Kier alpha value is -3.67. The van der Waals surface area contributed by atoms with Crippen LogP contribution in [0.5, 0.6) is 0 Å². The lowest BCUT2D eigenvalue weighted by Crippen LogP contribution is -2.50. The van der Waals surface area contributed by atoms with Crippen molar-refractivity contribution in [3.8, 4) is 11.1 Å². The number of piperidine rings is 1. The monoisotopic (exact) mass is 525 g/mol. The Balaban J connectivity index is 1.47. The zero-order chi connectivity index (χ0) is 27.5. The first kappa shape index (κ1) is 26.9. The molecule has 2 fully saturated rings. The average molecular weight is 526 g/mol. The number of benzene rings is 2. The molecule has 1 saturated heterocycles. The summed E-state index contributed by atoms with van der Waals surface area (Å²) in [5.74, 6) is -0.192. The lowest BCUT2D eigenvalue weighted by Gasteiger charge is -2.40. The summed E-state index contributed by atoms with van der Waals surface area (Å²) < 4.78 is 5.54. The summed E-state index contributed by atoms with van der Waals surface area (Å²) in [6.45, 7) is 9.50. The molecule has 6 heteroatoms. The number of rotatable bonds is 7. The molecule has 204 valence electrons. The molecule has 2 amide bonds. The van der Waals surface area contributed by atoms with E-state index in [4.69, 9.17) is 4.74 Å². The topological polar surface area (TPSA) is 62.7 Å². The van der Waals surface area contributed by atoms with E-state index >= 15 is 0 Å². The van der Waals surface area contributed by atoms with Gasteiger partial charge in [0, 0.05) is 38.1 Å². The fourth-order valence-electron chi connectivity index (χ4n) is 5.68. The van der Waals surface area contributed by atoms with Gasteiger partial charge in [-0.25, -0.2) is 4.79 Å². The molecule has 39 heavy (non-hydrogen) atoms. The van der Waals surface area contributed by atoms with Gasteiger partial charge in [-0.05, 0) is 92.3 Å². The number of amides is 2. The lowest BCUT2D eigenvalue weighted by molar-refractivity contribution is -0.139. The largest absolute Gasteiger partial charge is 0.447 e. The van der Waals surface area contributed by atoms with Crippen LogP contribution in [-0.2, 0) is 16.1 Å². The molecule has 2 aromatic carbocycles. The van der Waals surface area contributed by atoms with Crippen LogP contribution < -0.4 is 0 Å². The van der Waals surface area contributed by atoms with Crippen molar-refractivity contribution in [2.75, 3.05) is 13.1 Å². The molecule has 1 aliphatic heterocycles. The van der Waals surface area contributed by atoms with E-state index in [9.17, 15) is 9.59 Å². The number of aromatic nitrogens is 1. The summed E-state index contributed by atoms with van der Waals surface area (Å²) in [7, 11) is 0. The second-order valence-electron chi connectivity index (χ2n) is 11.3. The maximum absolute atomic E-state index is 14.4. The zero-order valence-electron chi connectivity index (χ0n) is 23.5. The van der Waals surface area contributed by atoms with Crippen LogP contribution in [0.25, 0.3) is 11.1 Å². The van der Waals surface area contributed by atoms with Gasteiger partial charge in [-0.2, -0.15) is 0 Å². The molecule has 3 aromatic rings. The summed E-state index contributed by atoms with van der Waals surface area (Å²) in [6.07, 6.45) is 5.88. The molecule has 6 nitrogen and oxygen atoms in total.